The van der Waals surface area contributed by atoms with E-state index in [4.69, 9.17) is 4.52 Å². The third-order valence-electron chi connectivity index (χ3n) is 4.36. The monoisotopic (exact) mass is 370 g/mol. The maximum absolute atomic E-state index is 12.5. The number of aromatic nitrogens is 3. The summed E-state index contributed by atoms with van der Waals surface area (Å²) >= 11 is 0. The van der Waals surface area contributed by atoms with Crippen LogP contribution in [-0.4, -0.2) is 40.9 Å². The van der Waals surface area contributed by atoms with Gasteiger partial charge in [0.2, 0.25) is 21.7 Å². The molecule has 0 spiro atoms. The fourth-order valence-electron chi connectivity index (χ4n) is 2.93. The molecule has 1 aliphatic rings. The number of pyridine rings is 1. The van der Waals surface area contributed by atoms with E-state index in [9.17, 15) is 8.42 Å². The van der Waals surface area contributed by atoms with Crippen molar-refractivity contribution in [2.45, 2.75) is 18.6 Å². The molecule has 3 aromatic rings. The maximum Gasteiger partial charge on any atom is 0.232 e. The maximum atomic E-state index is 12.5. The predicted molar refractivity (Wildman–Crippen MR) is 95.6 cm³/mol. The van der Waals surface area contributed by atoms with Gasteiger partial charge in [0.25, 0.3) is 0 Å². The molecule has 26 heavy (non-hydrogen) atoms. The lowest BCUT2D eigenvalue weighted by atomic mass is 10.0. The molecule has 0 bridgehead atoms. The lowest BCUT2D eigenvalue weighted by Gasteiger charge is -2.35. The molecule has 3 heterocycles. The van der Waals surface area contributed by atoms with E-state index < -0.39 is 10.0 Å². The second-order valence-electron chi connectivity index (χ2n) is 6.43. The van der Waals surface area contributed by atoms with E-state index in [1.807, 2.05) is 43.3 Å². The van der Waals surface area contributed by atoms with Crippen LogP contribution in [0.2, 0.25) is 0 Å². The zero-order valence-electron chi connectivity index (χ0n) is 14.2. The van der Waals surface area contributed by atoms with Crippen LogP contribution in [0.25, 0.3) is 11.5 Å². The van der Waals surface area contributed by atoms with Gasteiger partial charge in [-0.2, -0.15) is 9.29 Å². The van der Waals surface area contributed by atoms with Gasteiger partial charge in [-0.1, -0.05) is 41.1 Å². The van der Waals surface area contributed by atoms with Crippen LogP contribution in [0, 0.1) is 6.92 Å². The predicted octanol–water partition coefficient (Wildman–Crippen LogP) is 2.37. The topological polar surface area (TPSA) is 89.2 Å². The number of rotatable bonds is 5. The fraction of sp³-hybridized carbons (Fsp3) is 0.278. The largest absolute Gasteiger partial charge is 0.339 e. The Morgan fingerprint density at radius 1 is 1.19 bits per heavy atom. The van der Waals surface area contributed by atoms with Gasteiger partial charge in [0.1, 0.15) is 5.69 Å². The second kappa shape index (κ2) is 6.62. The molecule has 4 rings (SSSR count). The summed E-state index contributed by atoms with van der Waals surface area (Å²) < 4.78 is 31.9. The summed E-state index contributed by atoms with van der Waals surface area (Å²) in [6.45, 7) is 2.67. The van der Waals surface area contributed by atoms with E-state index in [1.165, 1.54) is 4.31 Å². The van der Waals surface area contributed by atoms with Crippen LogP contribution in [0.5, 0.6) is 0 Å². The van der Waals surface area contributed by atoms with E-state index >= 15 is 0 Å². The molecule has 0 saturated carbocycles. The summed E-state index contributed by atoms with van der Waals surface area (Å²) in [6.07, 6.45) is 1.66. The zero-order chi connectivity index (χ0) is 18.1. The molecule has 0 aliphatic carbocycles. The lowest BCUT2D eigenvalue weighted by Crippen LogP contribution is -2.48. The minimum atomic E-state index is -3.35. The molecule has 0 radical (unpaired) electrons. The van der Waals surface area contributed by atoms with Crippen molar-refractivity contribution in [1.29, 1.82) is 0 Å². The van der Waals surface area contributed by atoms with Gasteiger partial charge in [-0.05, 0) is 24.6 Å². The van der Waals surface area contributed by atoms with Crippen LogP contribution in [0.3, 0.4) is 0 Å². The summed E-state index contributed by atoms with van der Waals surface area (Å²) in [5.74, 6) is 0.798. The number of hydrogen-bond acceptors (Lipinski definition) is 6. The molecule has 0 amide bonds. The van der Waals surface area contributed by atoms with E-state index in [1.54, 1.807) is 12.3 Å². The molecule has 0 unspecified atom stereocenters. The summed E-state index contributed by atoms with van der Waals surface area (Å²) in [5.41, 5.74) is 2.47. The standard InChI is InChI=1S/C18H18N4O3S/c1-13-5-4-6-14(9-13)12-26(23,24)22-10-15(11-22)18-20-17(21-25-18)16-7-2-3-8-19-16/h2-9,15H,10-12H2,1H3. The Balaban J connectivity index is 1.41. The highest BCUT2D eigenvalue weighted by atomic mass is 32.2. The smallest absolute Gasteiger partial charge is 0.232 e. The molecule has 7 nitrogen and oxygen atoms in total. The Morgan fingerprint density at radius 2 is 2.04 bits per heavy atom. The molecular weight excluding hydrogens is 352 g/mol. The first-order valence-corrected chi connectivity index (χ1v) is 9.90. The summed E-state index contributed by atoms with van der Waals surface area (Å²) in [5, 5.41) is 3.94. The fourth-order valence-corrected chi connectivity index (χ4v) is 4.52. The van der Waals surface area contributed by atoms with Crippen molar-refractivity contribution in [3.8, 4) is 11.5 Å². The van der Waals surface area contributed by atoms with E-state index in [0.29, 0.717) is 30.5 Å². The van der Waals surface area contributed by atoms with Gasteiger partial charge >= 0.3 is 0 Å². The highest BCUT2D eigenvalue weighted by Gasteiger charge is 2.39. The van der Waals surface area contributed by atoms with Gasteiger partial charge in [-0.3, -0.25) is 4.98 Å². The summed E-state index contributed by atoms with van der Waals surface area (Å²) in [6, 6.07) is 13.0. The molecule has 1 fully saturated rings. The van der Waals surface area contributed by atoms with Gasteiger partial charge in [-0.25, -0.2) is 8.42 Å². The Morgan fingerprint density at radius 3 is 2.77 bits per heavy atom. The van der Waals surface area contributed by atoms with Crippen LogP contribution < -0.4 is 0 Å². The van der Waals surface area contributed by atoms with Crippen molar-refractivity contribution in [2.75, 3.05) is 13.1 Å². The minimum Gasteiger partial charge on any atom is -0.339 e. The van der Waals surface area contributed by atoms with Crippen LogP contribution in [0.1, 0.15) is 22.9 Å². The first-order chi connectivity index (χ1) is 12.5. The quantitative estimate of drug-likeness (QED) is 0.685. The normalized spacial score (nSPS) is 15.7. The van der Waals surface area contributed by atoms with Crippen molar-refractivity contribution < 1.29 is 12.9 Å². The molecule has 1 aliphatic heterocycles. The molecule has 0 N–H and O–H groups in total. The number of hydrogen-bond donors (Lipinski definition) is 0. The first kappa shape index (κ1) is 16.9. The van der Waals surface area contributed by atoms with Crippen LogP contribution >= 0.6 is 0 Å². The van der Waals surface area contributed by atoms with Crippen LogP contribution in [0.4, 0.5) is 0 Å². The van der Waals surface area contributed by atoms with Crippen molar-refractivity contribution in [3.05, 3.63) is 65.7 Å². The van der Waals surface area contributed by atoms with E-state index in [2.05, 4.69) is 15.1 Å². The Labute approximate surface area is 151 Å². The van der Waals surface area contributed by atoms with Crippen molar-refractivity contribution in [3.63, 3.8) is 0 Å². The van der Waals surface area contributed by atoms with Gasteiger partial charge in [0.15, 0.2) is 0 Å². The molecule has 8 heteroatoms. The number of nitrogens with zero attached hydrogens (tertiary/aromatic N) is 4. The van der Waals surface area contributed by atoms with Gasteiger partial charge in [-0.15, -0.1) is 0 Å². The van der Waals surface area contributed by atoms with E-state index in [-0.39, 0.29) is 11.7 Å². The average Bonchev–Trinajstić information content (AvgIpc) is 3.03. The number of benzene rings is 1. The van der Waals surface area contributed by atoms with Gasteiger partial charge < -0.3 is 4.52 Å². The number of aryl methyl sites for hydroxylation is 1. The number of sulfonamides is 1. The average molecular weight is 370 g/mol. The summed E-state index contributed by atoms with van der Waals surface area (Å²) in [4.78, 5) is 8.54. The summed E-state index contributed by atoms with van der Waals surface area (Å²) in [7, 11) is -3.35. The highest BCUT2D eigenvalue weighted by molar-refractivity contribution is 7.88. The first-order valence-electron chi connectivity index (χ1n) is 8.30. The van der Waals surface area contributed by atoms with Crippen molar-refractivity contribution in [2.24, 2.45) is 0 Å². The third kappa shape index (κ3) is 3.38. The lowest BCUT2D eigenvalue weighted by molar-refractivity contribution is 0.216. The Hall–Kier alpha value is -2.58. The molecule has 134 valence electrons. The molecule has 2 aromatic heterocycles. The molecule has 1 saturated heterocycles. The van der Waals surface area contributed by atoms with Crippen molar-refractivity contribution in [1.82, 2.24) is 19.4 Å². The second-order valence-corrected chi connectivity index (χ2v) is 8.40. The van der Waals surface area contributed by atoms with Gasteiger partial charge in [0.05, 0.1) is 11.7 Å². The highest BCUT2D eigenvalue weighted by Crippen LogP contribution is 2.30. The van der Waals surface area contributed by atoms with Crippen LogP contribution in [0.15, 0.2) is 53.2 Å². The SMILES string of the molecule is Cc1cccc(CS(=O)(=O)N2CC(c3nc(-c4ccccn4)no3)C2)c1. The van der Waals surface area contributed by atoms with Gasteiger partial charge in [0, 0.05) is 19.3 Å². The minimum absolute atomic E-state index is 0.00438. The zero-order valence-corrected chi connectivity index (χ0v) is 15.1. The molecular formula is C18H18N4O3S. The molecule has 0 atom stereocenters. The molecule has 1 aromatic carbocycles. The third-order valence-corrected chi connectivity index (χ3v) is 6.14. The Kier molecular flexibility index (Phi) is 4.29. The van der Waals surface area contributed by atoms with Crippen LogP contribution in [-0.2, 0) is 15.8 Å². The Bertz CT molecular complexity index is 1010. The van der Waals surface area contributed by atoms with E-state index in [0.717, 1.165) is 11.1 Å². The van der Waals surface area contributed by atoms with Crippen molar-refractivity contribution >= 4 is 10.0 Å².